The van der Waals surface area contributed by atoms with Gasteiger partial charge in [0, 0.05) is 18.7 Å². The van der Waals surface area contributed by atoms with E-state index in [1.807, 2.05) is 52.0 Å². The Bertz CT molecular complexity index is 1180. The van der Waals surface area contributed by atoms with Gasteiger partial charge >= 0.3 is 0 Å². The fourth-order valence-electron chi connectivity index (χ4n) is 3.90. The third-order valence-corrected chi connectivity index (χ3v) is 7.32. The predicted octanol–water partition coefficient (Wildman–Crippen LogP) is 3.21. The molecule has 2 aromatic carbocycles. The molecule has 0 fully saturated rings. The van der Waals surface area contributed by atoms with E-state index < -0.39 is 28.5 Å². The molecule has 0 radical (unpaired) electrons. The van der Waals surface area contributed by atoms with Crippen molar-refractivity contribution in [1.82, 2.24) is 10.2 Å². The van der Waals surface area contributed by atoms with Gasteiger partial charge in [-0.05, 0) is 44.4 Å². The van der Waals surface area contributed by atoms with Crippen LogP contribution in [0.15, 0.2) is 42.5 Å². The number of nitrogens with one attached hydrogen (secondary N) is 1. The van der Waals surface area contributed by atoms with Crippen LogP contribution in [0.4, 0.5) is 5.69 Å². The molecule has 0 spiro atoms. The molecule has 9 nitrogen and oxygen atoms in total. The van der Waals surface area contributed by atoms with E-state index in [2.05, 4.69) is 5.32 Å². The highest BCUT2D eigenvalue weighted by molar-refractivity contribution is 7.92. The Kier molecular flexibility index (Phi) is 8.84. The summed E-state index contributed by atoms with van der Waals surface area (Å²) in [6.45, 7) is 7.43. The normalized spacial score (nSPS) is 14.1. The lowest BCUT2D eigenvalue weighted by molar-refractivity contribution is -0.140. The fraction of sp³-hybridized carbons (Fsp3) is 0.462. The Morgan fingerprint density at radius 3 is 2.31 bits per heavy atom. The first-order valence-electron chi connectivity index (χ1n) is 12.1. The van der Waals surface area contributed by atoms with Crippen molar-refractivity contribution in [2.75, 3.05) is 23.9 Å². The lowest BCUT2D eigenvalue weighted by Gasteiger charge is -2.33. The highest BCUT2D eigenvalue weighted by Gasteiger charge is 2.32. The average Bonchev–Trinajstić information content (AvgIpc) is 3.30. The maximum atomic E-state index is 13.7. The molecule has 1 aliphatic rings. The summed E-state index contributed by atoms with van der Waals surface area (Å²) < 4.78 is 37.2. The average molecular weight is 518 g/mol. The summed E-state index contributed by atoms with van der Waals surface area (Å²) in [5.74, 6) is 0.169. The largest absolute Gasteiger partial charge is 0.454 e. The summed E-state index contributed by atoms with van der Waals surface area (Å²) in [6.07, 6.45) is 2.17. The van der Waals surface area contributed by atoms with Crippen LogP contribution in [0.3, 0.4) is 0 Å². The molecule has 0 aliphatic carbocycles. The van der Waals surface area contributed by atoms with Crippen molar-refractivity contribution in [3.63, 3.8) is 0 Å². The maximum absolute atomic E-state index is 13.7. The van der Waals surface area contributed by atoms with Gasteiger partial charge < -0.3 is 19.7 Å². The van der Waals surface area contributed by atoms with Gasteiger partial charge in [-0.15, -0.1) is 0 Å². The molecule has 2 amide bonds. The second-order valence-corrected chi connectivity index (χ2v) is 11.0. The molecule has 0 aromatic heterocycles. The summed E-state index contributed by atoms with van der Waals surface area (Å²) >= 11 is 0. The molecule has 1 N–H and O–H groups in total. The van der Waals surface area contributed by atoms with E-state index in [1.165, 1.54) is 11.0 Å². The Balaban J connectivity index is 1.94. The number of ether oxygens (including phenoxy) is 2. The minimum absolute atomic E-state index is 0.0460. The van der Waals surface area contributed by atoms with Gasteiger partial charge in [-0.3, -0.25) is 13.9 Å². The molecule has 1 aliphatic heterocycles. The molecule has 2 aromatic rings. The highest BCUT2D eigenvalue weighted by atomic mass is 32.2. The highest BCUT2D eigenvalue weighted by Crippen LogP contribution is 2.36. The van der Waals surface area contributed by atoms with Crippen LogP contribution < -0.4 is 19.1 Å². The second-order valence-electron chi connectivity index (χ2n) is 9.06. The van der Waals surface area contributed by atoms with Crippen LogP contribution in [-0.4, -0.2) is 56.8 Å². The summed E-state index contributed by atoms with van der Waals surface area (Å²) in [5, 5.41) is 2.96. The fourth-order valence-corrected chi connectivity index (χ4v) is 4.75. The number of sulfonamides is 1. The molecule has 0 saturated heterocycles. The number of nitrogens with zero attached hydrogens (tertiary/aromatic N) is 2. The number of aryl methyl sites for hydroxylation is 1. The van der Waals surface area contributed by atoms with Crippen molar-refractivity contribution in [3.05, 3.63) is 53.6 Å². The SMILES string of the molecule is CC[C@@H](C)NC(=O)[C@H](CC)N(Cc1ccc(C)cc1)C(=O)CN(c1ccc2c(c1)OCO2)S(C)(=O)=O. The lowest BCUT2D eigenvalue weighted by atomic mass is 10.1. The maximum Gasteiger partial charge on any atom is 0.244 e. The molecule has 1 heterocycles. The van der Waals surface area contributed by atoms with E-state index in [0.717, 1.165) is 28.1 Å². The third-order valence-electron chi connectivity index (χ3n) is 6.18. The Labute approximate surface area is 213 Å². The van der Waals surface area contributed by atoms with Gasteiger partial charge in [-0.2, -0.15) is 0 Å². The van der Waals surface area contributed by atoms with Gasteiger partial charge in [0.25, 0.3) is 0 Å². The van der Waals surface area contributed by atoms with Crippen LogP contribution in [-0.2, 0) is 26.2 Å². The first-order valence-corrected chi connectivity index (χ1v) is 13.9. The molecule has 2 atom stereocenters. The number of hydrogen-bond donors (Lipinski definition) is 1. The first-order chi connectivity index (χ1) is 17.0. The van der Waals surface area contributed by atoms with E-state index in [0.29, 0.717) is 17.9 Å². The number of benzene rings is 2. The van der Waals surface area contributed by atoms with Crippen molar-refractivity contribution >= 4 is 27.5 Å². The number of rotatable bonds is 11. The zero-order chi connectivity index (χ0) is 26.5. The number of fused-ring (bicyclic) bond motifs is 1. The summed E-state index contributed by atoms with van der Waals surface area (Å²) in [6, 6.07) is 11.6. The lowest BCUT2D eigenvalue weighted by Crippen LogP contribution is -2.53. The standard InChI is InChI=1S/C26H35N3O6S/c1-6-19(4)27-26(31)22(7-2)28(15-20-10-8-18(3)9-11-20)25(30)16-29(36(5,32)33)21-12-13-23-24(14-21)35-17-34-23/h8-14,19,22H,6-7,15-17H2,1-5H3,(H,27,31)/t19-,22+/m1/s1. The zero-order valence-electron chi connectivity index (χ0n) is 21.5. The third kappa shape index (κ3) is 6.69. The van der Waals surface area contributed by atoms with Gasteiger partial charge in [0.15, 0.2) is 11.5 Å². The van der Waals surface area contributed by atoms with Crippen molar-refractivity contribution in [1.29, 1.82) is 0 Å². The second kappa shape index (κ2) is 11.6. The minimum Gasteiger partial charge on any atom is -0.454 e. The first kappa shape index (κ1) is 27.3. The molecular formula is C26H35N3O6S. The Hall–Kier alpha value is -3.27. The molecule has 10 heteroatoms. The van der Waals surface area contributed by atoms with Crippen LogP contribution in [0, 0.1) is 6.92 Å². The summed E-state index contributed by atoms with van der Waals surface area (Å²) in [7, 11) is -3.83. The smallest absolute Gasteiger partial charge is 0.244 e. The van der Waals surface area contributed by atoms with Crippen molar-refractivity contribution in [3.8, 4) is 11.5 Å². The van der Waals surface area contributed by atoms with E-state index in [4.69, 9.17) is 9.47 Å². The minimum atomic E-state index is -3.83. The van der Waals surface area contributed by atoms with Gasteiger partial charge in [0.1, 0.15) is 12.6 Å². The van der Waals surface area contributed by atoms with Crippen molar-refractivity contribution in [2.24, 2.45) is 0 Å². The van der Waals surface area contributed by atoms with Crippen LogP contribution >= 0.6 is 0 Å². The van der Waals surface area contributed by atoms with Crippen LogP contribution in [0.5, 0.6) is 11.5 Å². The van der Waals surface area contributed by atoms with Crippen LogP contribution in [0.2, 0.25) is 0 Å². The van der Waals surface area contributed by atoms with E-state index >= 15 is 0 Å². The van der Waals surface area contributed by atoms with E-state index in [-0.39, 0.29) is 31.0 Å². The Morgan fingerprint density at radius 1 is 1.03 bits per heavy atom. The summed E-state index contributed by atoms with van der Waals surface area (Å²) in [5.41, 5.74) is 2.20. The van der Waals surface area contributed by atoms with E-state index in [1.54, 1.807) is 12.1 Å². The monoisotopic (exact) mass is 517 g/mol. The number of carbonyl (C=O) groups is 2. The molecule has 3 rings (SSSR count). The predicted molar refractivity (Wildman–Crippen MR) is 138 cm³/mol. The molecule has 0 unspecified atom stereocenters. The van der Waals surface area contributed by atoms with Gasteiger partial charge in [-0.1, -0.05) is 43.7 Å². The van der Waals surface area contributed by atoms with Crippen molar-refractivity contribution < 1.29 is 27.5 Å². The molecule has 0 bridgehead atoms. The topological polar surface area (TPSA) is 105 Å². The quantitative estimate of drug-likeness (QED) is 0.491. The van der Waals surface area contributed by atoms with Crippen molar-refractivity contribution in [2.45, 2.75) is 59.2 Å². The Morgan fingerprint density at radius 2 is 1.69 bits per heavy atom. The summed E-state index contributed by atoms with van der Waals surface area (Å²) in [4.78, 5) is 28.3. The number of anilines is 1. The number of carbonyl (C=O) groups excluding carboxylic acids is 2. The molecule has 0 saturated carbocycles. The molecule has 196 valence electrons. The van der Waals surface area contributed by atoms with Crippen LogP contribution in [0.1, 0.15) is 44.7 Å². The zero-order valence-corrected chi connectivity index (χ0v) is 22.3. The van der Waals surface area contributed by atoms with Gasteiger partial charge in [0.2, 0.25) is 28.6 Å². The molecular weight excluding hydrogens is 482 g/mol. The van der Waals surface area contributed by atoms with E-state index in [9.17, 15) is 18.0 Å². The number of hydrogen-bond acceptors (Lipinski definition) is 6. The number of amides is 2. The van der Waals surface area contributed by atoms with Gasteiger partial charge in [0.05, 0.1) is 11.9 Å². The molecule has 36 heavy (non-hydrogen) atoms. The van der Waals surface area contributed by atoms with Gasteiger partial charge in [-0.25, -0.2) is 8.42 Å². The van der Waals surface area contributed by atoms with Crippen LogP contribution in [0.25, 0.3) is 0 Å².